The summed E-state index contributed by atoms with van der Waals surface area (Å²) in [6, 6.07) is -0.575. The quantitative estimate of drug-likeness (QED) is 0.730. The van der Waals surface area contributed by atoms with E-state index in [9.17, 15) is 9.59 Å². The highest BCUT2D eigenvalue weighted by atomic mass is 16.5. The Hall–Kier alpha value is -1.10. The summed E-state index contributed by atoms with van der Waals surface area (Å²) in [4.78, 5) is 24.3. The van der Waals surface area contributed by atoms with Crippen molar-refractivity contribution in [1.29, 1.82) is 0 Å². The maximum absolute atomic E-state index is 12.6. The number of methoxy groups -OCH3 is 1. The zero-order valence-electron chi connectivity index (χ0n) is 12.6. The molecular formula is C14H26N2O3. The monoisotopic (exact) mass is 270 g/mol. The van der Waals surface area contributed by atoms with Crippen molar-refractivity contribution >= 4 is 11.9 Å². The fourth-order valence-corrected chi connectivity index (χ4v) is 2.57. The van der Waals surface area contributed by atoms with Gasteiger partial charge in [-0.25, -0.2) is 4.79 Å². The molecule has 19 heavy (non-hydrogen) atoms. The largest absolute Gasteiger partial charge is 0.467 e. The van der Waals surface area contributed by atoms with E-state index in [4.69, 9.17) is 4.74 Å². The van der Waals surface area contributed by atoms with Gasteiger partial charge in [-0.2, -0.15) is 0 Å². The Morgan fingerprint density at radius 1 is 1.26 bits per heavy atom. The van der Waals surface area contributed by atoms with Gasteiger partial charge in [-0.3, -0.25) is 4.79 Å². The number of amides is 1. The molecule has 2 N–H and O–H groups in total. The third-order valence-electron chi connectivity index (χ3n) is 4.15. The number of rotatable bonds is 5. The number of ether oxygens (including phenoxy) is 1. The summed E-state index contributed by atoms with van der Waals surface area (Å²) >= 11 is 0. The smallest absolute Gasteiger partial charge is 0.328 e. The molecule has 2 atom stereocenters. The molecule has 1 amide bonds. The van der Waals surface area contributed by atoms with Crippen LogP contribution in [0.25, 0.3) is 0 Å². The molecule has 1 aliphatic heterocycles. The van der Waals surface area contributed by atoms with E-state index >= 15 is 0 Å². The van der Waals surface area contributed by atoms with Gasteiger partial charge in [0.15, 0.2) is 0 Å². The first-order chi connectivity index (χ1) is 8.85. The Morgan fingerprint density at radius 2 is 1.89 bits per heavy atom. The van der Waals surface area contributed by atoms with Gasteiger partial charge in [-0.15, -0.1) is 0 Å². The maximum Gasteiger partial charge on any atom is 0.328 e. The molecule has 0 aromatic heterocycles. The molecule has 1 aliphatic rings. The van der Waals surface area contributed by atoms with Crippen molar-refractivity contribution in [3.63, 3.8) is 0 Å². The molecule has 0 aromatic carbocycles. The van der Waals surface area contributed by atoms with E-state index in [1.165, 1.54) is 7.11 Å². The van der Waals surface area contributed by atoms with Gasteiger partial charge in [0.25, 0.3) is 0 Å². The van der Waals surface area contributed by atoms with Gasteiger partial charge in [-0.05, 0) is 24.8 Å². The topological polar surface area (TPSA) is 67.4 Å². The number of carbonyl (C=O) groups excluding carboxylic acids is 2. The molecule has 0 saturated carbocycles. The summed E-state index contributed by atoms with van der Waals surface area (Å²) in [6.45, 7) is 9.41. The lowest BCUT2D eigenvalue weighted by atomic mass is 9.75. The Labute approximate surface area is 115 Å². The molecule has 0 radical (unpaired) electrons. The fourth-order valence-electron chi connectivity index (χ4n) is 2.57. The van der Waals surface area contributed by atoms with Crippen LogP contribution in [-0.4, -0.2) is 38.1 Å². The average molecular weight is 270 g/mol. The first-order valence-electron chi connectivity index (χ1n) is 6.94. The predicted octanol–water partition coefficient (Wildman–Crippen LogP) is 0.936. The van der Waals surface area contributed by atoms with Crippen molar-refractivity contribution in [1.82, 2.24) is 10.6 Å². The summed E-state index contributed by atoms with van der Waals surface area (Å²) in [5, 5.41) is 6.12. The van der Waals surface area contributed by atoms with Gasteiger partial charge in [0.1, 0.15) is 6.04 Å². The van der Waals surface area contributed by atoms with Crippen molar-refractivity contribution in [2.75, 3.05) is 20.2 Å². The van der Waals surface area contributed by atoms with Crippen LogP contribution in [0.4, 0.5) is 0 Å². The van der Waals surface area contributed by atoms with E-state index in [1.807, 2.05) is 13.8 Å². The minimum absolute atomic E-state index is 0.00924. The van der Waals surface area contributed by atoms with Crippen molar-refractivity contribution in [2.45, 2.75) is 40.2 Å². The molecule has 110 valence electrons. The molecule has 0 aromatic rings. The van der Waals surface area contributed by atoms with Crippen LogP contribution in [0.5, 0.6) is 0 Å². The van der Waals surface area contributed by atoms with Gasteiger partial charge in [0.2, 0.25) is 5.91 Å². The number of hydrogen-bond acceptors (Lipinski definition) is 4. The minimum atomic E-state index is -0.575. The first kappa shape index (κ1) is 16.0. The van der Waals surface area contributed by atoms with Crippen molar-refractivity contribution in [3.05, 3.63) is 0 Å². The number of nitrogens with one attached hydrogen (secondary N) is 2. The molecule has 1 unspecified atom stereocenters. The summed E-state index contributed by atoms with van der Waals surface area (Å²) in [5.74, 6) is -0.187. The molecule has 0 bridgehead atoms. The molecule has 0 aliphatic carbocycles. The van der Waals surface area contributed by atoms with E-state index in [-0.39, 0.29) is 23.7 Å². The van der Waals surface area contributed by atoms with Crippen molar-refractivity contribution < 1.29 is 14.3 Å². The predicted molar refractivity (Wildman–Crippen MR) is 73.5 cm³/mol. The third-order valence-corrected chi connectivity index (χ3v) is 4.15. The van der Waals surface area contributed by atoms with E-state index in [2.05, 4.69) is 24.5 Å². The SMILES string of the molecule is COC(=O)[C@@H](NC(=O)C1(C(C)C)CCNC1)C(C)C. The number of hydrogen-bond donors (Lipinski definition) is 2. The highest BCUT2D eigenvalue weighted by Crippen LogP contribution is 2.34. The van der Waals surface area contributed by atoms with Gasteiger partial charge < -0.3 is 15.4 Å². The molecule has 5 nitrogen and oxygen atoms in total. The first-order valence-corrected chi connectivity index (χ1v) is 6.94. The lowest BCUT2D eigenvalue weighted by molar-refractivity contribution is -0.148. The molecule has 5 heteroatoms. The van der Waals surface area contributed by atoms with Crippen molar-refractivity contribution in [3.8, 4) is 0 Å². The number of esters is 1. The summed E-state index contributed by atoms with van der Waals surface area (Å²) in [6.07, 6.45) is 0.808. The van der Waals surface area contributed by atoms with Gasteiger partial charge in [0.05, 0.1) is 12.5 Å². The Morgan fingerprint density at radius 3 is 2.26 bits per heavy atom. The lowest BCUT2D eigenvalue weighted by Gasteiger charge is -2.33. The number of carbonyl (C=O) groups is 2. The summed E-state index contributed by atoms with van der Waals surface area (Å²) in [7, 11) is 1.35. The second-order valence-corrected chi connectivity index (χ2v) is 5.96. The molecular weight excluding hydrogens is 244 g/mol. The van der Waals surface area contributed by atoms with Crippen LogP contribution < -0.4 is 10.6 Å². The highest BCUT2D eigenvalue weighted by molar-refractivity contribution is 5.88. The Kier molecular flexibility index (Phi) is 5.35. The maximum atomic E-state index is 12.6. The second kappa shape index (κ2) is 6.37. The zero-order valence-corrected chi connectivity index (χ0v) is 12.6. The third kappa shape index (κ3) is 3.26. The standard InChI is InChI=1S/C14H26N2O3/c1-9(2)11(12(17)19-5)16-13(18)14(10(3)4)6-7-15-8-14/h9-11,15H,6-8H2,1-5H3,(H,16,18)/t11-,14?/m0/s1. The molecule has 1 saturated heterocycles. The van der Waals surface area contributed by atoms with Gasteiger partial charge in [0, 0.05) is 6.54 Å². The van der Waals surface area contributed by atoms with Crippen LogP contribution in [0.1, 0.15) is 34.1 Å². The summed E-state index contributed by atoms with van der Waals surface area (Å²) in [5.41, 5.74) is -0.416. The Bertz CT molecular complexity index is 334. The Balaban J connectivity index is 2.83. The van der Waals surface area contributed by atoms with Gasteiger partial charge in [-0.1, -0.05) is 27.7 Å². The average Bonchev–Trinajstić information content (AvgIpc) is 2.84. The molecule has 1 heterocycles. The van der Waals surface area contributed by atoms with Crippen LogP contribution >= 0.6 is 0 Å². The second-order valence-electron chi connectivity index (χ2n) is 5.96. The molecule has 1 fully saturated rings. The summed E-state index contributed by atoms with van der Waals surface area (Å²) < 4.78 is 4.76. The van der Waals surface area contributed by atoms with E-state index in [0.29, 0.717) is 6.54 Å². The van der Waals surface area contributed by atoms with Crippen LogP contribution in [0.15, 0.2) is 0 Å². The normalized spacial score (nSPS) is 24.6. The van der Waals surface area contributed by atoms with Crippen LogP contribution in [0.2, 0.25) is 0 Å². The van der Waals surface area contributed by atoms with E-state index in [0.717, 1.165) is 13.0 Å². The minimum Gasteiger partial charge on any atom is -0.467 e. The molecule has 0 spiro atoms. The van der Waals surface area contributed by atoms with Crippen LogP contribution in [-0.2, 0) is 14.3 Å². The lowest BCUT2D eigenvalue weighted by Crippen LogP contribution is -2.53. The van der Waals surface area contributed by atoms with Crippen molar-refractivity contribution in [2.24, 2.45) is 17.3 Å². The fraction of sp³-hybridized carbons (Fsp3) is 0.857. The molecule has 1 rings (SSSR count). The van der Waals surface area contributed by atoms with E-state index < -0.39 is 11.5 Å². The van der Waals surface area contributed by atoms with Crippen LogP contribution in [0.3, 0.4) is 0 Å². The highest BCUT2D eigenvalue weighted by Gasteiger charge is 2.45. The van der Waals surface area contributed by atoms with E-state index in [1.54, 1.807) is 0 Å². The zero-order chi connectivity index (χ0) is 14.6. The van der Waals surface area contributed by atoms with Gasteiger partial charge >= 0.3 is 5.97 Å². The van der Waals surface area contributed by atoms with Crippen LogP contribution in [0, 0.1) is 17.3 Å².